The minimum absolute atomic E-state index is 0.0497. The predicted molar refractivity (Wildman–Crippen MR) is 84.1 cm³/mol. The fourth-order valence-corrected chi connectivity index (χ4v) is 2.79. The summed E-state index contributed by atoms with van der Waals surface area (Å²) >= 11 is 6.18. The van der Waals surface area contributed by atoms with Crippen LogP contribution in [0.15, 0.2) is 12.3 Å². The van der Waals surface area contributed by atoms with Crippen molar-refractivity contribution in [2.24, 2.45) is 5.73 Å². The molecule has 0 aromatic carbocycles. The number of halogens is 1. The van der Waals surface area contributed by atoms with Gasteiger partial charge in [0.05, 0.1) is 16.6 Å². The lowest BCUT2D eigenvalue weighted by Crippen LogP contribution is -2.23. The number of carbonyl (C=O) groups excluding carboxylic acids is 1. The zero-order valence-electron chi connectivity index (χ0n) is 12.6. The Morgan fingerprint density at radius 3 is 3.13 bits per heavy atom. The molecule has 2 aromatic heterocycles. The Balaban J connectivity index is 1.83. The molecule has 1 aliphatic rings. The molecule has 0 bridgehead atoms. The van der Waals surface area contributed by atoms with Crippen LogP contribution in [0.4, 0.5) is 5.82 Å². The van der Waals surface area contributed by atoms with E-state index < -0.39 is 5.91 Å². The molecule has 0 saturated carbocycles. The number of anilines is 1. The Kier molecular flexibility index (Phi) is 4.44. The summed E-state index contributed by atoms with van der Waals surface area (Å²) < 4.78 is 6.95. The van der Waals surface area contributed by atoms with E-state index in [2.05, 4.69) is 20.4 Å². The van der Waals surface area contributed by atoms with Crippen LogP contribution in [0, 0.1) is 0 Å². The number of rotatable bonds is 5. The van der Waals surface area contributed by atoms with Gasteiger partial charge in [-0.05, 0) is 18.9 Å². The number of nitrogens with two attached hydrogens (primary N) is 1. The van der Waals surface area contributed by atoms with Crippen molar-refractivity contribution < 1.29 is 9.53 Å². The topological polar surface area (TPSA) is 108 Å². The van der Waals surface area contributed by atoms with E-state index in [0.29, 0.717) is 23.3 Å². The fraction of sp³-hybridized carbons (Fsp3) is 0.429. The summed E-state index contributed by atoms with van der Waals surface area (Å²) in [5.74, 6) is 1.42. The van der Waals surface area contributed by atoms with E-state index in [1.54, 1.807) is 7.11 Å². The van der Waals surface area contributed by atoms with Crippen LogP contribution in [0.3, 0.4) is 0 Å². The summed E-state index contributed by atoms with van der Waals surface area (Å²) in [6.07, 6.45) is 3.26. The standard InChI is InChI=1S/C14H17ClN6O2/c1-23-7-11-19-14-10(3-2-4-21(14)20-11)18-13-9(15)5-8(6-17-13)12(16)22/h5-6,10H,2-4,7H2,1H3,(H2,16,22)(H,17,18). The molecule has 0 spiro atoms. The summed E-state index contributed by atoms with van der Waals surface area (Å²) in [7, 11) is 1.61. The van der Waals surface area contributed by atoms with Gasteiger partial charge in [0.25, 0.3) is 0 Å². The highest BCUT2D eigenvalue weighted by Crippen LogP contribution is 2.29. The summed E-state index contributed by atoms with van der Waals surface area (Å²) in [5, 5.41) is 8.03. The molecule has 1 unspecified atom stereocenters. The molecule has 3 heterocycles. The number of primary amides is 1. The van der Waals surface area contributed by atoms with Crippen LogP contribution in [0.5, 0.6) is 0 Å². The van der Waals surface area contributed by atoms with Crippen molar-refractivity contribution in [1.82, 2.24) is 19.7 Å². The first kappa shape index (κ1) is 15.7. The van der Waals surface area contributed by atoms with Crippen molar-refractivity contribution in [2.75, 3.05) is 12.4 Å². The Morgan fingerprint density at radius 2 is 2.43 bits per heavy atom. The highest BCUT2D eigenvalue weighted by atomic mass is 35.5. The predicted octanol–water partition coefficient (Wildman–Crippen LogP) is 1.52. The normalized spacial score (nSPS) is 16.9. The van der Waals surface area contributed by atoms with Crippen molar-refractivity contribution in [3.63, 3.8) is 0 Å². The van der Waals surface area contributed by atoms with Gasteiger partial charge in [0.2, 0.25) is 5.91 Å². The number of aromatic nitrogens is 4. The summed E-state index contributed by atoms with van der Waals surface area (Å²) in [6.45, 7) is 1.20. The minimum atomic E-state index is -0.562. The molecule has 122 valence electrons. The Hall–Kier alpha value is -2.19. The quantitative estimate of drug-likeness (QED) is 0.857. The lowest BCUT2D eigenvalue weighted by Gasteiger charge is -2.23. The number of hydrogen-bond acceptors (Lipinski definition) is 6. The number of nitrogens with one attached hydrogen (secondary N) is 1. The Bertz CT molecular complexity index is 732. The maximum absolute atomic E-state index is 11.2. The SMILES string of the molecule is COCc1nc2n(n1)CCCC2Nc1ncc(C(N)=O)cc1Cl. The molecule has 0 aliphatic carbocycles. The van der Waals surface area contributed by atoms with Crippen molar-refractivity contribution in [3.8, 4) is 0 Å². The molecule has 0 fully saturated rings. The third-order valence-corrected chi connectivity index (χ3v) is 3.92. The number of fused-ring (bicyclic) bond motifs is 1. The highest BCUT2D eigenvalue weighted by Gasteiger charge is 2.25. The van der Waals surface area contributed by atoms with Crippen LogP contribution in [0.2, 0.25) is 5.02 Å². The van der Waals surface area contributed by atoms with E-state index in [1.165, 1.54) is 12.3 Å². The molecule has 1 atom stereocenters. The van der Waals surface area contributed by atoms with E-state index in [4.69, 9.17) is 22.1 Å². The molecule has 2 aromatic rings. The minimum Gasteiger partial charge on any atom is -0.377 e. The zero-order valence-corrected chi connectivity index (χ0v) is 13.4. The van der Waals surface area contributed by atoms with E-state index >= 15 is 0 Å². The second kappa shape index (κ2) is 6.51. The van der Waals surface area contributed by atoms with E-state index in [9.17, 15) is 4.79 Å². The molecular formula is C14H17ClN6O2. The maximum Gasteiger partial charge on any atom is 0.250 e. The average molecular weight is 337 g/mol. The molecule has 9 heteroatoms. The van der Waals surface area contributed by atoms with Crippen LogP contribution in [-0.2, 0) is 17.9 Å². The van der Waals surface area contributed by atoms with Crippen LogP contribution in [-0.4, -0.2) is 32.8 Å². The molecule has 1 amide bonds. The summed E-state index contributed by atoms with van der Waals surface area (Å²) in [5.41, 5.74) is 5.49. The van der Waals surface area contributed by atoms with Gasteiger partial charge < -0.3 is 15.8 Å². The van der Waals surface area contributed by atoms with Gasteiger partial charge in [-0.1, -0.05) is 11.6 Å². The van der Waals surface area contributed by atoms with Crippen molar-refractivity contribution >= 4 is 23.3 Å². The molecule has 0 radical (unpaired) electrons. The Morgan fingerprint density at radius 1 is 1.61 bits per heavy atom. The maximum atomic E-state index is 11.2. The molecule has 8 nitrogen and oxygen atoms in total. The molecule has 3 N–H and O–H groups in total. The van der Waals surface area contributed by atoms with Crippen molar-refractivity contribution in [1.29, 1.82) is 0 Å². The number of hydrogen-bond donors (Lipinski definition) is 2. The number of aryl methyl sites for hydroxylation is 1. The largest absolute Gasteiger partial charge is 0.377 e. The summed E-state index contributed by atoms with van der Waals surface area (Å²) in [4.78, 5) is 19.8. The first-order valence-electron chi connectivity index (χ1n) is 7.23. The van der Waals surface area contributed by atoms with Gasteiger partial charge in [0, 0.05) is 19.9 Å². The third-order valence-electron chi connectivity index (χ3n) is 3.63. The smallest absolute Gasteiger partial charge is 0.250 e. The van der Waals surface area contributed by atoms with E-state index in [-0.39, 0.29) is 11.6 Å². The van der Waals surface area contributed by atoms with Crippen LogP contribution in [0.1, 0.15) is 40.9 Å². The van der Waals surface area contributed by atoms with Gasteiger partial charge in [-0.3, -0.25) is 4.79 Å². The first-order valence-corrected chi connectivity index (χ1v) is 7.60. The van der Waals surface area contributed by atoms with E-state index in [1.807, 2.05) is 4.68 Å². The average Bonchev–Trinajstić information content (AvgIpc) is 2.93. The molecule has 3 rings (SSSR count). The second-order valence-corrected chi connectivity index (χ2v) is 5.71. The van der Waals surface area contributed by atoms with Gasteiger partial charge in [-0.2, -0.15) is 5.10 Å². The number of methoxy groups -OCH3 is 1. The fourth-order valence-electron chi connectivity index (χ4n) is 2.57. The van der Waals surface area contributed by atoms with Crippen LogP contribution >= 0.6 is 11.6 Å². The number of ether oxygens (including phenoxy) is 1. The number of pyridine rings is 1. The van der Waals surface area contributed by atoms with Crippen LogP contribution < -0.4 is 11.1 Å². The molecule has 1 aliphatic heterocycles. The van der Waals surface area contributed by atoms with Gasteiger partial charge in [0.1, 0.15) is 18.2 Å². The van der Waals surface area contributed by atoms with Gasteiger partial charge >= 0.3 is 0 Å². The lowest BCUT2D eigenvalue weighted by molar-refractivity contribution is 0.1000. The molecular weight excluding hydrogens is 320 g/mol. The first-order chi connectivity index (χ1) is 11.1. The van der Waals surface area contributed by atoms with Gasteiger partial charge in [-0.15, -0.1) is 0 Å². The molecule has 0 saturated heterocycles. The number of carbonyl (C=O) groups is 1. The lowest BCUT2D eigenvalue weighted by atomic mass is 10.1. The van der Waals surface area contributed by atoms with Crippen molar-refractivity contribution in [3.05, 3.63) is 34.5 Å². The Labute approximate surface area is 138 Å². The highest BCUT2D eigenvalue weighted by molar-refractivity contribution is 6.33. The van der Waals surface area contributed by atoms with Gasteiger partial charge in [0.15, 0.2) is 5.82 Å². The number of amides is 1. The zero-order chi connectivity index (χ0) is 16.4. The van der Waals surface area contributed by atoms with E-state index in [0.717, 1.165) is 25.2 Å². The number of nitrogens with zero attached hydrogens (tertiary/aromatic N) is 4. The monoisotopic (exact) mass is 336 g/mol. The van der Waals surface area contributed by atoms with Gasteiger partial charge in [-0.25, -0.2) is 14.6 Å². The summed E-state index contributed by atoms with van der Waals surface area (Å²) in [6, 6.07) is 1.45. The van der Waals surface area contributed by atoms with Crippen molar-refractivity contribution in [2.45, 2.75) is 32.0 Å². The third kappa shape index (κ3) is 3.27. The molecule has 23 heavy (non-hydrogen) atoms. The second-order valence-electron chi connectivity index (χ2n) is 5.30. The van der Waals surface area contributed by atoms with Crippen LogP contribution in [0.25, 0.3) is 0 Å².